The van der Waals surface area contributed by atoms with Crippen molar-refractivity contribution in [2.45, 2.75) is 40.7 Å². The molecule has 72 valence electrons. The van der Waals surface area contributed by atoms with E-state index in [1.54, 1.807) is 0 Å². The van der Waals surface area contributed by atoms with Crippen LogP contribution in [-0.4, -0.2) is 11.4 Å². The van der Waals surface area contributed by atoms with Crippen LogP contribution in [0.3, 0.4) is 0 Å². The number of hydrogen-bond donors (Lipinski definition) is 1. The van der Waals surface area contributed by atoms with E-state index in [9.17, 15) is 0 Å². The van der Waals surface area contributed by atoms with Crippen LogP contribution in [-0.2, 0) is 4.89 Å². The number of rotatable bonds is 3. The van der Waals surface area contributed by atoms with Crippen LogP contribution in [0.2, 0.25) is 0 Å². The monoisotopic (exact) mass is 172 g/mol. The lowest BCUT2D eigenvalue weighted by Crippen LogP contribution is -2.31. The van der Waals surface area contributed by atoms with E-state index >= 15 is 0 Å². The van der Waals surface area contributed by atoms with Crippen LogP contribution in [0.4, 0.5) is 0 Å². The molecule has 0 fully saturated rings. The molecule has 0 amide bonds. The molecule has 0 radical (unpaired) electrons. The lowest BCUT2D eigenvalue weighted by molar-refractivity contribution is -0.284. The Morgan fingerprint density at radius 2 is 1.83 bits per heavy atom. The van der Waals surface area contributed by atoms with Gasteiger partial charge in [-0.2, -0.15) is 0 Å². The fraction of sp³-hybridized carbons (Fsp3) is 0.800. The Balaban J connectivity index is 4.42. The Morgan fingerprint density at radius 3 is 1.92 bits per heavy atom. The van der Waals surface area contributed by atoms with Gasteiger partial charge in [0.2, 0.25) is 0 Å². The van der Waals surface area contributed by atoms with Gasteiger partial charge in [-0.1, -0.05) is 34.3 Å². The minimum atomic E-state index is -0.259. The maximum Gasteiger partial charge on any atom is 0.116 e. The minimum absolute atomic E-state index is 0.117. The summed E-state index contributed by atoms with van der Waals surface area (Å²) in [4.78, 5) is 4.40. The summed E-state index contributed by atoms with van der Waals surface area (Å²) in [6.07, 6.45) is -0.259. The first-order valence-electron chi connectivity index (χ1n) is 4.26. The largest absolute Gasteiger partial charge is 0.251 e. The fourth-order valence-electron chi connectivity index (χ4n) is 1.06. The van der Waals surface area contributed by atoms with Crippen molar-refractivity contribution in [1.29, 1.82) is 0 Å². The van der Waals surface area contributed by atoms with Gasteiger partial charge in [0.05, 0.1) is 0 Å². The fourth-order valence-corrected chi connectivity index (χ4v) is 1.06. The smallest absolute Gasteiger partial charge is 0.116 e. The van der Waals surface area contributed by atoms with Crippen molar-refractivity contribution >= 4 is 0 Å². The molecule has 0 unspecified atom stereocenters. The summed E-state index contributed by atoms with van der Waals surface area (Å²) in [5, 5.41) is 8.67. The summed E-state index contributed by atoms with van der Waals surface area (Å²) in [6, 6.07) is 0. The van der Waals surface area contributed by atoms with Crippen LogP contribution < -0.4 is 0 Å². The molecule has 0 bridgehead atoms. The van der Waals surface area contributed by atoms with Crippen LogP contribution in [0.5, 0.6) is 0 Å². The van der Waals surface area contributed by atoms with Crippen molar-refractivity contribution in [2.24, 2.45) is 11.3 Å². The van der Waals surface area contributed by atoms with Gasteiger partial charge >= 0.3 is 0 Å². The topological polar surface area (TPSA) is 29.5 Å². The van der Waals surface area contributed by atoms with Crippen LogP contribution in [0, 0.1) is 11.3 Å². The summed E-state index contributed by atoms with van der Waals surface area (Å²) < 4.78 is 0. The summed E-state index contributed by atoms with van der Waals surface area (Å²) in [6.45, 7) is 14.0. The molecule has 0 saturated heterocycles. The summed E-state index contributed by atoms with van der Waals surface area (Å²) in [5.41, 5.74) is 0.978. The molecule has 0 aromatic carbocycles. The minimum Gasteiger partial charge on any atom is -0.251 e. The Hall–Kier alpha value is -0.340. The third-order valence-corrected chi connectivity index (χ3v) is 2.42. The van der Waals surface area contributed by atoms with Crippen LogP contribution in [0.15, 0.2) is 12.2 Å². The van der Waals surface area contributed by atoms with Gasteiger partial charge in [0, 0.05) is 0 Å². The highest BCUT2D eigenvalue weighted by Crippen LogP contribution is 2.31. The standard InChI is InChI=1S/C10H20O2/c1-7(2)9(12-11)8(3)10(4,5)6/h8-9,11H,1H2,2-6H3/t8-,9-/m0/s1. The SMILES string of the molecule is C=C(C)[C@H](OO)[C@H](C)C(C)(C)C. The van der Waals surface area contributed by atoms with E-state index in [4.69, 9.17) is 5.26 Å². The van der Waals surface area contributed by atoms with E-state index in [1.165, 1.54) is 0 Å². The van der Waals surface area contributed by atoms with Gasteiger partial charge in [0.15, 0.2) is 0 Å². The first-order valence-corrected chi connectivity index (χ1v) is 4.26. The average Bonchev–Trinajstić information content (AvgIpc) is 1.86. The third kappa shape index (κ3) is 2.95. The summed E-state index contributed by atoms with van der Waals surface area (Å²) >= 11 is 0. The average molecular weight is 172 g/mol. The van der Waals surface area contributed by atoms with Gasteiger partial charge in [-0.25, -0.2) is 4.89 Å². The molecule has 0 saturated carbocycles. The zero-order valence-corrected chi connectivity index (χ0v) is 8.72. The van der Waals surface area contributed by atoms with Gasteiger partial charge in [-0.3, -0.25) is 5.26 Å². The Labute approximate surface area is 75.2 Å². The highest BCUT2D eigenvalue weighted by molar-refractivity contribution is 5.01. The number of hydrogen-bond acceptors (Lipinski definition) is 2. The zero-order valence-electron chi connectivity index (χ0n) is 8.72. The Morgan fingerprint density at radius 1 is 1.42 bits per heavy atom. The van der Waals surface area contributed by atoms with Crippen molar-refractivity contribution in [3.05, 3.63) is 12.2 Å². The molecule has 0 heterocycles. The molecule has 0 aliphatic heterocycles. The van der Waals surface area contributed by atoms with Gasteiger partial charge in [-0.15, -0.1) is 0 Å². The van der Waals surface area contributed by atoms with Gasteiger partial charge < -0.3 is 0 Å². The maximum atomic E-state index is 8.67. The van der Waals surface area contributed by atoms with Gasteiger partial charge in [0.1, 0.15) is 6.10 Å². The second kappa shape index (κ2) is 4.06. The Bertz CT molecular complexity index is 156. The molecule has 0 spiro atoms. The van der Waals surface area contributed by atoms with E-state index in [0.717, 1.165) is 5.57 Å². The van der Waals surface area contributed by atoms with Crippen molar-refractivity contribution in [2.75, 3.05) is 0 Å². The first kappa shape index (κ1) is 11.7. The molecule has 0 aliphatic rings. The molecule has 12 heavy (non-hydrogen) atoms. The lowest BCUT2D eigenvalue weighted by Gasteiger charge is -2.32. The van der Waals surface area contributed by atoms with Gasteiger partial charge in [-0.05, 0) is 23.8 Å². The molecular formula is C10H20O2. The molecule has 0 aromatic heterocycles. The Kier molecular flexibility index (Phi) is 3.94. The van der Waals surface area contributed by atoms with Crippen molar-refractivity contribution in [3.8, 4) is 0 Å². The molecule has 0 aliphatic carbocycles. The van der Waals surface area contributed by atoms with E-state index < -0.39 is 0 Å². The van der Waals surface area contributed by atoms with Crippen LogP contribution in [0.25, 0.3) is 0 Å². The van der Waals surface area contributed by atoms with E-state index in [-0.39, 0.29) is 17.4 Å². The molecule has 2 heteroatoms. The van der Waals surface area contributed by atoms with Crippen molar-refractivity contribution < 1.29 is 10.1 Å². The van der Waals surface area contributed by atoms with Crippen LogP contribution >= 0.6 is 0 Å². The molecule has 0 aromatic rings. The van der Waals surface area contributed by atoms with E-state index in [2.05, 4.69) is 39.2 Å². The second-order valence-electron chi connectivity index (χ2n) is 4.53. The summed E-state index contributed by atoms with van der Waals surface area (Å²) in [7, 11) is 0. The highest BCUT2D eigenvalue weighted by atomic mass is 17.1. The quantitative estimate of drug-likeness (QED) is 0.402. The first-order chi connectivity index (χ1) is 5.30. The molecule has 2 atom stereocenters. The van der Waals surface area contributed by atoms with Crippen molar-refractivity contribution in [1.82, 2.24) is 0 Å². The van der Waals surface area contributed by atoms with Gasteiger partial charge in [0.25, 0.3) is 0 Å². The maximum absolute atomic E-state index is 8.67. The molecule has 1 N–H and O–H groups in total. The summed E-state index contributed by atoms with van der Waals surface area (Å²) in [5.74, 6) is 0.250. The van der Waals surface area contributed by atoms with Crippen LogP contribution in [0.1, 0.15) is 34.6 Å². The zero-order chi connectivity index (χ0) is 9.94. The third-order valence-electron chi connectivity index (χ3n) is 2.42. The van der Waals surface area contributed by atoms with Crippen molar-refractivity contribution in [3.63, 3.8) is 0 Å². The predicted molar refractivity (Wildman–Crippen MR) is 50.9 cm³/mol. The second-order valence-corrected chi connectivity index (χ2v) is 4.53. The van der Waals surface area contributed by atoms with E-state index in [0.29, 0.717) is 0 Å². The highest BCUT2D eigenvalue weighted by Gasteiger charge is 2.29. The molecule has 2 nitrogen and oxygen atoms in total. The van der Waals surface area contributed by atoms with E-state index in [1.807, 2.05) is 6.92 Å². The lowest BCUT2D eigenvalue weighted by atomic mass is 9.77. The molecule has 0 rings (SSSR count). The normalized spacial score (nSPS) is 17.2. The predicted octanol–water partition coefficient (Wildman–Crippen LogP) is 3.10. The molecular weight excluding hydrogens is 152 g/mol.